The van der Waals surface area contributed by atoms with Crippen LogP contribution in [0.15, 0.2) is 17.5 Å². The Balaban J connectivity index is 2.14. The van der Waals surface area contributed by atoms with Gasteiger partial charge in [-0.15, -0.1) is 11.3 Å². The highest BCUT2D eigenvalue weighted by molar-refractivity contribution is 7.09. The van der Waals surface area contributed by atoms with Crippen LogP contribution in [0.4, 0.5) is 0 Å². The molecule has 1 aromatic rings. The molecule has 3 N–H and O–H groups in total. The second-order valence-corrected chi connectivity index (χ2v) is 4.54. The number of amides is 1. The summed E-state index contributed by atoms with van der Waals surface area (Å²) in [4.78, 5) is 12.8. The summed E-state index contributed by atoms with van der Waals surface area (Å²) in [5, 5.41) is 4.85. The van der Waals surface area contributed by atoms with Crippen LogP contribution in [-0.4, -0.2) is 32.2 Å². The molecule has 1 atom stereocenters. The molecule has 0 fully saturated rings. The topological polar surface area (TPSA) is 64.3 Å². The zero-order valence-electron chi connectivity index (χ0n) is 9.44. The Morgan fingerprint density at radius 1 is 1.69 bits per heavy atom. The van der Waals surface area contributed by atoms with Crippen LogP contribution in [0.5, 0.6) is 0 Å². The molecule has 1 aromatic heterocycles. The maximum atomic E-state index is 11.5. The van der Waals surface area contributed by atoms with E-state index in [4.69, 9.17) is 10.5 Å². The summed E-state index contributed by atoms with van der Waals surface area (Å²) in [7, 11) is 1.60. The molecular formula is C11H18N2O2S. The Morgan fingerprint density at radius 3 is 3.12 bits per heavy atom. The van der Waals surface area contributed by atoms with E-state index in [1.807, 2.05) is 11.4 Å². The van der Waals surface area contributed by atoms with Gasteiger partial charge in [-0.25, -0.2) is 0 Å². The van der Waals surface area contributed by atoms with Crippen molar-refractivity contribution in [2.75, 3.05) is 20.3 Å². The summed E-state index contributed by atoms with van der Waals surface area (Å²) in [6.07, 6.45) is 1.42. The first-order valence-corrected chi connectivity index (χ1v) is 6.16. The molecule has 0 bridgehead atoms. The van der Waals surface area contributed by atoms with Gasteiger partial charge in [-0.05, 0) is 24.3 Å². The number of methoxy groups -OCH3 is 1. The molecule has 4 nitrogen and oxygen atoms in total. The van der Waals surface area contributed by atoms with E-state index < -0.39 is 6.04 Å². The highest BCUT2D eigenvalue weighted by Crippen LogP contribution is 2.08. The van der Waals surface area contributed by atoms with E-state index in [2.05, 4.69) is 11.4 Å². The zero-order valence-corrected chi connectivity index (χ0v) is 10.3. The molecular weight excluding hydrogens is 224 g/mol. The van der Waals surface area contributed by atoms with Gasteiger partial charge < -0.3 is 15.8 Å². The number of carbonyl (C=O) groups excluding carboxylic acids is 1. The molecule has 0 saturated heterocycles. The number of carbonyl (C=O) groups is 1. The fourth-order valence-electron chi connectivity index (χ4n) is 1.27. The van der Waals surface area contributed by atoms with Crippen LogP contribution in [0.25, 0.3) is 0 Å². The first-order chi connectivity index (χ1) is 7.74. The van der Waals surface area contributed by atoms with Crippen molar-refractivity contribution in [3.63, 3.8) is 0 Å². The highest BCUT2D eigenvalue weighted by atomic mass is 32.1. The van der Waals surface area contributed by atoms with Crippen molar-refractivity contribution < 1.29 is 9.53 Å². The van der Waals surface area contributed by atoms with Crippen molar-refractivity contribution in [1.29, 1.82) is 0 Å². The second kappa shape index (κ2) is 7.38. The van der Waals surface area contributed by atoms with E-state index in [1.54, 1.807) is 18.4 Å². The van der Waals surface area contributed by atoms with E-state index in [-0.39, 0.29) is 5.91 Å². The Morgan fingerprint density at radius 2 is 2.50 bits per heavy atom. The summed E-state index contributed by atoms with van der Waals surface area (Å²) in [5.74, 6) is -0.103. The van der Waals surface area contributed by atoms with Crippen molar-refractivity contribution in [2.24, 2.45) is 5.73 Å². The van der Waals surface area contributed by atoms with Gasteiger partial charge in [0.05, 0.1) is 6.04 Å². The third-order valence-corrected chi connectivity index (χ3v) is 3.16. The van der Waals surface area contributed by atoms with E-state index in [9.17, 15) is 4.79 Å². The smallest absolute Gasteiger partial charge is 0.237 e. The summed E-state index contributed by atoms with van der Waals surface area (Å²) < 4.78 is 4.87. The van der Waals surface area contributed by atoms with Crippen molar-refractivity contribution in [3.8, 4) is 0 Å². The molecule has 0 aliphatic heterocycles. The molecule has 1 rings (SSSR count). The number of ether oxygens (including phenoxy) is 1. The van der Waals surface area contributed by atoms with Crippen molar-refractivity contribution in [1.82, 2.24) is 5.32 Å². The molecule has 0 saturated carbocycles. The molecule has 0 aliphatic carbocycles. The average Bonchev–Trinajstić information content (AvgIpc) is 2.78. The maximum Gasteiger partial charge on any atom is 0.237 e. The number of thiophene rings is 1. The minimum absolute atomic E-state index is 0.103. The molecule has 0 spiro atoms. The van der Waals surface area contributed by atoms with Crippen LogP contribution in [0.1, 0.15) is 11.3 Å². The first kappa shape index (κ1) is 13.2. The Hall–Kier alpha value is -0.910. The largest absolute Gasteiger partial charge is 0.385 e. The van der Waals surface area contributed by atoms with Crippen LogP contribution in [0.2, 0.25) is 0 Å². The van der Waals surface area contributed by atoms with E-state index >= 15 is 0 Å². The summed E-state index contributed by atoms with van der Waals surface area (Å²) in [5.41, 5.74) is 5.67. The van der Waals surface area contributed by atoms with Gasteiger partial charge in [0, 0.05) is 25.1 Å². The molecule has 90 valence electrons. The van der Waals surface area contributed by atoms with E-state index in [1.165, 1.54) is 4.88 Å². The quantitative estimate of drug-likeness (QED) is 0.742. The highest BCUT2D eigenvalue weighted by Gasteiger charge is 2.11. The molecule has 1 amide bonds. The van der Waals surface area contributed by atoms with Gasteiger partial charge in [0.15, 0.2) is 0 Å². The van der Waals surface area contributed by atoms with Gasteiger partial charge in [0.2, 0.25) is 5.91 Å². The van der Waals surface area contributed by atoms with Crippen LogP contribution >= 0.6 is 11.3 Å². The zero-order chi connectivity index (χ0) is 11.8. The molecule has 16 heavy (non-hydrogen) atoms. The Kier molecular flexibility index (Phi) is 6.07. The molecule has 0 radical (unpaired) electrons. The Labute approximate surface area is 99.8 Å². The third-order valence-electron chi connectivity index (χ3n) is 2.22. The van der Waals surface area contributed by atoms with Gasteiger partial charge in [0.1, 0.15) is 0 Å². The van der Waals surface area contributed by atoms with Crippen molar-refractivity contribution in [2.45, 2.75) is 18.9 Å². The number of hydrogen-bond acceptors (Lipinski definition) is 4. The Bertz CT molecular complexity index is 301. The lowest BCUT2D eigenvalue weighted by Crippen LogP contribution is -2.41. The lowest BCUT2D eigenvalue weighted by molar-refractivity contribution is -0.122. The molecule has 1 heterocycles. The fourth-order valence-corrected chi connectivity index (χ4v) is 1.98. The second-order valence-electron chi connectivity index (χ2n) is 3.51. The predicted octanol–water partition coefficient (Wildman–Crippen LogP) is 0.771. The summed E-state index contributed by atoms with van der Waals surface area (Å²) >= 11 is 1.69. The maximum absolute atomic E-state index is 11.5. The van der Waals surface area contributed by atoms with Crippen molar-refractivity contribution >= 4 is 17.2 Å². The fraction of sp³-hybridized carbons (Fsp3) is 0.545. The summed E-state index contributed by atoms with van der Waals surface area (Å²) in [6.45, 7) is 1.15. The predicted molar refractivity (Wildman–Crippen MR) is 65.5 cm³/mol. The molecule has 0 aromatic carbocycles. The van der Waals surface area contributed by atoms with Crippen LogP contribution in [0, 0.1) is 0 Å². The summed E-state index contributed by atoms with van der Waals surface area (Å²) in [6, 6.07) is 3.59. The van der Waals surface area contributed by atoms with Gasteiger partial charge in [-0.3, -0.25) is 4.79 Å². The molecule has 5 heteroatoms. The van der Waals surface area contributed by atoms with Gasteiger partial charge in [-0.2, -0.15) is 0 Å². The first-order valence-electron chi connectivity index (χ1n) is 5.28. The van der Waals surface area contributed by atoms with Gasteiger partial charge in [0.25, 0.3) is 0 Å². The van der Waals surface area contributed by atoms with Crippen LogP contribution in [-0.2, 0) is 16.0 Å². The van der Waals surface area contributed by atoms with Crippen LogP contribution in [0.3, 0.4) is 0 Å². The molecule has 0 aliphatic rings. The normalized spacial score (nSPS) is 12.4. The number of nitrogens with two attached hydrogens (primary N) is 1. The lowest BCUT2D eigenvalue weighted by Gasteiger charge is -2.11. The minimum atomic E-state index is -0.469. The number of rotatable bonds is 7. The molecule has 1 unspecified atom stereocenters. The SMILES string of the molecule is COCCC(N)C(=O)NCCc1cccs1. The monoisotopic (exact) mass is 242 g/mol. The lowest BCUT2D eigenvalue weighted by atomic mass is 10.2. The average molecular weight is 242 g/mol. The third kappa shape index (κ3) is 4.74. The van der Waals surface area contributed by atoms with E-state index in [0.29, 0.717) is 19.6 Å². The standard InChI is InChI=1S/C11H18N2O2S/c1-15-7-5-10(12)11(14)13-6-4-9-3-2-8-16-9/h2-3,8,10H,4-7,12H2,1H3,(H,13,14). The van der Waals surface area contributed by atoms with E-state index in [0.717, 1.165) is 6.42 Å². The van der Waals surface area contributed by atoms with Crippen LogP contribution < -0.4 is 11.1 Å². The van der Waals surface area contributed by atoms with Gasteiger partial charge in [-0.1, -0.05) is 6.07 Å². The number of hydrogen-bond donors (Lipinski definition) is 2. The number of nitrogens with one attached hydrogen (secondary N) is 1. The minimum Gasteiger partial charge on any atom is -0.385 e. The van der Waals surface area contributed by atoms with Gasteiger partial charge >= 0.3 is 0 Å². The van der Waals surface area contributed by atoms with Crippen molar-refractivity contribution in [3.05, 3.63) is 22.4 Å².